The highest BCUT2D eigenvalue weighted by Crippen LogP contribution is 2.17. The number of benzene rings is 1. The van der Waals surface area contributed by atoms with Crippen LogP contribution < -0.4 is 0 Å². The van der Waals surface area contributed by atoms with E-state index in [9.17, 15) is 8.42 Å². The molecule has 3 rings (SSSR count). The van der Waals surface area contributed by atoms with Gasteiger partial charge in [0.15, 0.2) is 5.65 Å². The third kappa shape index (κ3) is 2.30. The highest BCUT2D eigenvalue weighted by Gasteiger charge is 2.17. The molecule has 2 heterocycles. The fourth-order valence-corrected chi connectivity index (χ4v) is 3.47. The molecule has 6 heteroatoms. The van der Waals surface area contributed by atoms with Crippen molar-refractivity contribution in [3.8, 4) is 0 Å². The molecule has 0 N–H and O–H groups in total. The fourth-order valence-electron chi connectivity index (χ4n) is 2.06. The van der Waals surface area contributed by atoms with E-state index in [1.807, 2.05) is 18.2 Å². The monoisotopic (exact) mass is 287 g/mol. The van der Waals surface area contributed by atoms with E-state index in [-0.39, 0.29) is 5.75 Å². The van der Waals surface area contributed by atoms with E-state index in [1.165, 1.54) is 10.2 Å². The summed E-state index contributed by atoms with van der Waals surface area (Å²) in [6, 6.07) is 10.8. The van der Waals surface area contributed by atoms with Gasteiger partial charge in [0.25, 0.3) is 0 Å². The lowest BCUT2D eigenvalue weighted by molar-refractivity contribution is 0.588. The van der Waals surface area contributed by atoms with Crippen LogP contribution in [0.15, 0.2) is 48.8 Å². The molecule has 2 aromatic heterocycles. The zero-order valence-corrected chi connectivity index (χ0v) is 11.7. The Morgan fingerprint density at radius 2 is 1.90 bits per heavy atom. The van der Waals surface area contributed by atoms with Gasteiger partial charge in [-0.25, -0.2) is 22.4 Å². The molecule has 0 spiro atoms. The van der Waals surface area contributed by atoms with Crippen molar-refractivity contribution in [1.82, 2.24) is 13.9 Å². The maximum atomic E-state index is 12.5. The molecule has 1 aromatic carbocycles. The van der Waals surface area contributed by atoms with Crippen molar-refractivity contribution in [1.29, 1.82) is 0 Å². The van der Waals surface area contributed by atoms with E-state index in [0.717, 1.165) is 5.56 Å². The molecule has 0 saturated carbocycles. The molecule has 0 aliphatic rings. The zero-order valence-electron chi connectivity index (χ0n) is 10.9. The number of aryl methyl sites for hydroxylation is 1. The summed E-state index contributed by atoms with van der Waals surface area (Å²) in [5, 5.41) is 0.715. The molecule has 0 fully saturated rings. The standard InChI is InChI=1S/C14H13N3O2S/c1-11-15-9-13-7-8-17(14(13)16-11)20(18,19)10-12-5-3-2-4-6-12/h2-9H,10H2,1H3. The van der Waals surface area contributed by atoms with Crippen LogP contribution in [-0.2, 0) is 15.8 Å². The Hall–Kier alpha value is -2.21. The van der Waals surface area contributed by atoms with Crippen LogP contribution in [0.2, 0.25) is 0 Å². The number of rotatable bonds is 3. The molecular formula is C14H13N3O2S. The van der Waals surface area contributed by atoms with Gasteiger partial charge in [-0.2, -0.15) is 0 Å². The first kappa shape index (κ1) is 12.8. The number of aromatic nitrogens is 3. The molecule has 0 aliphatic carbocycles. The number of hydrogen-bond donors (Lipinski definition) is 0. The first-order valence-corrected chi connectivity index (χ1v) is 7.75. The summed E-state index contributed by atoms with van der Waals surface area (Å²) in [7, 11) is -3.49. The van der Waals surface area contributed by atoms with Gasteiger partial charge in [0.1, 0.15) is 5.82 Å². The van der Waals surface area contributed by atoms with Crippen LogP contribution in [0.1, 0.15) is 11.4 Å². The molecule has 0 aliphatic heterocycles. The normalized spacial score (nSPS) is 11.8. The molecule has 102 valence electrons. The second-order valence-corrected chi connectivity index (χ2v) is 6.40. The van der Waals surface area contributed by atoms with Crippen molar-refractivity contribution in [2.45, 2.75) is 12.7 Å². The largest absolute Gasteiger partial charge is 0.244 e. The zero-order chi connectivity index (χ0) is 14.2. The van der Waals surface area contributed by atoms with Crippen LogP contribution in [-0.4, -0.2) is 22.4 Å². The summed E-state index contributed by atoms with van der Waals surface area (Å²) >= 11 is 0. The number of fused-ring (bicyclic) bond motifs is 1. The van der Waals surface area contributed by atoms with E-state index in [1.54, 1.807) is 31.3 Å². The van der Waals surface area contributed by atoms with Gasteiger partial charge in [-0.3, -0.25) is 0 Å². The molecule has 0 atom stereocenters. The van der Waals surface area contributed by atoms with Gasteiger partial charge >= 0.3 is 0 Å². The quantitative estimate of drug-likeness (QED) is 0.740. The summed E-state index contributed by atoms with van der Waals surface area (Å²) in [5.41, 5.74) is 1.17. The van der Waals surface area contributed by atoms with Crippen molar-refractivity contribution in [2.75, 3.05) is 0 Å². The van der Waals surface area contributed by atoms with Crippen molar-refractivity contribution in [3.63, 3.8) is 0 Å². The maximum Gasteiger partial charge on any atom is 0.244 e. The fraction of sp³-hybridized carbons (Fsp3) is 0.143. The first-order valence-electron chi connectivity index (χ1n) is 6.14. The topological polar surface area (TPSA) is 64.8 Å². The number of nitrogens with zero attached hydrogens (tertiary/aromatic N) is 3. The second-order valence-electron chi connectivity index (χ2n) is 4.55. The molecule has 0 amide bonds. The van der Waals surface area contributed by atoms with Crippen LogP contribution >= 0.6 is 0 Å². The SMILES string of the molecule is Cc1ncc2ccn(S(=O)(=O)Cc3ccccc3)c2n1. The Kier molecular flexibility index (Phi) is 3.02. The van der Waals surface area contributed by atoms with E-state index in [4.69, 9.17) is 0 Å². The summed E-state index contributed by atoms with van der Waals surface area (Å²) in [5.74, 6) is 0.494. The van der Waals surface area contributed by atoms with E-state index < -0.39 is 10.0 Å². The lowest BCUT2D eigenvalue weighted by Gasteiger charge is -2.07. The third-order valence-electron chi connectivity index (χ3n) is 3.01. The van der Waals surface area contributed by atoms with Crippen molar-refractivity contribution < 1.29 is 8.42 Å². The van der Waals surface area contributed by atoms with Gasteiger partial charge in [-0.05, 0) is 18.6 Å². The average molecular weight is 287 g/mol. The van der Waals surface area contributed by atoms with E-state index >= 15 is 0 Å². The minimum atomic E-state index is -3.49. The van der Waals surface area contributed by atoms with Crippen LogP contribution in [0.25, 0.3) is 11.0 Å². The molecule has 20 heavy (non-hydrogen) atoms. The lowest BCUT2D eigenvalue weighted by Crippen LogP contribution is -2.14. The summed E-state index contributed by atoms with van der Waals surface area (Å²) in [6.07, 6.45) is 3.16. The first-order chi connectivity index (χ1) is 9.56. The Morgan fingerprint density at radius 3 is 2.65 bits per heavy atom. The molecule has 0 saturated heterocycles. The maximum absolute atomic E-state index is 12.5. The predicted octanol–water partition coefficient (Wildman–Crippen LogP) is 2.12. The van der Waals surface area contributed by atoms with Gasteiger partial charge in [0, 0.05) is 17.8 Å². The van der Waals surface area contributed by atoms with Crippen LogP contribution in [0.3, 0.4) is 0 Å². The van der Waals surface area contributed by atoms with Gasteiger partial charge in [0.2, 0.25) is 10.0 Å². The van der Waals surface area contributed by atoms with Crippen LogP contribution in [0.4, 0.5) is 0 Å². The van der Waals surface area contributed by atoms with Gasteiger partial charge in [0.05, 0.1) is 5.75 Å². The molecular weight excluding hydrogens is 274 g/mol. The minimum absolute atomic E-state index is 0.0549. The van der Waals surface area contributed by atoms with Crippen LogP contribution in [0.5, 0.6) is 0 Å². The Labute approximate surface area is 117 Å². The number of hydrogen-bond acceptors (Lipinski definition) is 4. The Bertz CT molecular complexity index is 855. The van der Waals surface area contributed by atoms with Crippen LogP contribution in [0, 0.1) is 6.92 Å². The van der Waals surface area contributed by atoms with Gasteiger partial charge < -0.3 is 0 Å². The average Bonchev–Trinajstić information content (AvgIpc) is 2.83. The molecule has 0 unspecified atom stereocenters. The second kappa shape index (κ2) is 4.72. The Morgan fingerprint density at radius 1 is 1.15 bits per heavy atom. The predicted molar refractivity (Wildman–Crippen MR) is 76.7 cm³/mol. The van der Waals surface area contributed by atoms with E-state index in [0.29, 0.717) is 16.9 Å². The van der Waals surface area contributed by atoms with E-state index in [2.05, 4.69) is 9.97 Å². The van der Waals surface area contributed by atoms with Gasteiger partial charge in [-0.1, -0.05) is 30.3 Å². The van der Waals surface area contributed by atoms with Gasteiger partial charge in [-0.15, -0.1) is 0 Å². The highest BCUT2D eigenvalue weighted by molar-refractivity contribution is 7.89. The van der Waals surface area contributed by atoms with Crippen molar-refractivity contribution in [2.24, 2.45) is 0 Å². The van der Waals surface area contributed by atoms with Crippen molar-refractivity contribution in [3.05, 3.63) is 60.2 Å². The highest BCUT2D eigenvalue weighted by atomic mass is 32.2. The minimum Gasteiger partial charge on any atom is -0.241 e. The summed E-state index contributed by atoms with van der Waals surface area (Å²) in [6.45, 7) is 1.74. The summed E-state index contributed by atoms with van der Waals surface area (Å²) in [4.78, 5) is 8.28. The molecule has 0 bridgehead atoms. The Balaban J connectivity index is 2.08. The summed E-state index contributed by atoms with van der Waals surface area (Å²) < 4.78 is 26.2. The smallest absolute Gasteiger partial charge is 0.241 e. The molecule has 5 nitrogen and oxygen atoms in total. The molecule has 3 aromatic rings. The van der Waals surface area contributed by atoms with Crippen molar-refractivity contribution >= 4 is 21.1 Å². The molecule has 0 radical (unpaired) electrons. The third-order valence-corrected chi connectivity index (χ3v) is 4.60. The lowest BCUT2D eigenvalue weighted by atomic mass is 10.2.